The Bertz CT molecular complexity index is 1060. The van der Waals surface area contributed by atoms with Crippen LogP contribution in [0.1, 0.15) is 22.9 Å². The van der Waals surface area contributed by atoms with Gasteiger partial charge in [-0.1, -0.05) is 23.9 Å². The van der Waals surface area contributed by atoms with Crippen LogP contribution in [-0.4, -0.2) is 46.2 Å². The van der Waals surface area contributed by atoms with E-state index >= 15 is 0 Å². The quantitative estimate of drug-likeness (QED) is 0.518. The first-order valence-electron chi connectivity index (χ1n) is 9.36. The van der Waals surface area contributed by atoms with Crippen molar-refractivity contribution in [2.45, 2.75) is 17.6 Å². The number of rotatable bonds is 7. The smallest absolute Gasteiger partial charge is 0.253 e. The van der Waals surface area contributed by atoms with E-state index in [2.05, 4.69) is 4.98 Å². The van der Waals surface area contributed by atoms with Crippen LogP contribution >= 0.6 is 23.1 Å². The van der Waals surface area contributed by atoms with E-state index in [1.165, 1.54) is 11.8 Å². The third kappa shape index (κ3) is 4.08. The maximum absolute atomic E-state index is 13.1. The molecule has 3 heterocycles. The molecule has 30 heavy (non-hydrogen) atoms. The number of nitrogens with zero attached hydrogens (tertiary/aromatic N) is 4. The lowest BCUT2D eigenvalue weighted by atomic mass is 10.0. The number of thiophene rings is 1. The molecular weight excluding hydrogens is 420 g/mol. The Morgan fingerprint density at radius 3 is 2.77 bits per heavy atom. The highest BCUT2D eigenvalue weighted by molar-refractivity contribution is 7.99. The Labute approximate surface area is 183 Å². The summed E-state index contributed by atoms with van der Waals surface area (Å²) in [5, 5.41) is 9.13. The van der Waals surface area contributed by atoms with Crippen LogP contribution in [0.25, 0.3) is 0 Å². The SMILES string of the molecule is COc1ccc(C2CC(c3cccs3)=NN2C(=O)CSc2nccn2C)cc1OC. The largest absolute Gasteiger partial charge is 0.493 e. The van der Waals surface area contributed by atoms with E-state index < -0.39 is 0 Å². The Hall–Kier alpha value is -2.78. The van der Waals surface area contributed by atoms with Crippen LogP contribution in [-0.2, 0) is 11.8 Å². The minimum Gasteiger partial charge on any atom is -0.493 e. The van der Waals surface area contributed by atoms with Crippen LogP contribution in [0, 0.1) is 0 Å². The molecule has 1 aliphatic rings. The standard InChI is InChI=1S/C21H22N4O3S2/c1-24-9-8-22-21(24)30-13-20(26)25-16(12-15(23-25)19-5-4-10-29-19)14-6-7-17(27-2)18(11-14)28-3/h4-11,16H,12-13H2,1-3H3. The van der Waals surface area contributed by atoms with Gasteiger partial charge in [-0.15, -0.1) is 11.3 Å². The monoisotopic (exact) mass is 442 g/mol. The lowest BCUT2D eigenvalue weighted by Crippen LogP contribution is -2.28. The van der Waals surface area contributed by atoms with Gasteiger partial charge < -0.3 is 14.0 Å². The summed E-state index contributed by atoms with van der Waals surface area (Å²) >= 11 is 3.03. The molecule has 4 rings (SSSR count). The molecule has 0 radical (unpaired) electrons. The Morgan fingerprint density at radius 1 is 1.27 bits per heavy atom. The van der Waals surface area contributed by atoms with Gasteiger partial charge in [-0.05, 0) is 29.1 Å². The van der Waals surface area contributed by atoms with Crippen molar-refractivity contribution in [3.05, 3.63) is 58.5 Å². The van der Waals surface area contributed by atoms with Crippen LogP contribution < -0.4 is 9.47 Å². The third-order valence-electron chi connectivity index (χ3n) is 4.87. The van der Waals surface area contributed by atoms with E-state index in [9.17, 15) is 4.79 Å². The zero-order valence-electron chi connectivity index (χ0n) is 16.9. The number of amides is 1. The molecule has 2 aromatic heterocycles. The highest BCUT2D eigenvalue weighted by Gasteiger charge is 2.34. The van der Waals surface area contributed by atoms with Gasteiger partial charge in [0.2, 0.25) is 0 Å². The molecule has 3 aromatic rings. The number of hydrogen-bond acceptors (Lipinski definition) is 7. The van der Waals surface area contributed by atoms with Crippen molar-refractivity contribution >= 4 is 34.7 Å². The third-order valence-corrected chi connectivity index (χ3v) is 6.83. The van der Waals surface area contributed by atoms with Gasteiger partial charge in [-0.25, -0.2) is 9.99 Å². The second-order valence-electron chi connectivity index (χ2n) is 6.71. The van der Waals surface area contributed by atoms with Gasteiger partial charge in [-0.3, -0.25) is 4.79 Å². The molecule has 1 atom stereocenters. The normalized spacial score (nSPS) is 15.9. The number of carbonyl (C=O) groups excluding carboxylic acids is 1. The first-order chi connectivity index (χ1) is 14.6. The van der Waals surface area contributed by atoms with Crippen molar-refractivity contribution in [2.75, 3.05) is 20.0 Å². The van der Waals surface area contributed by atoms with E-state index in [-0.39, 0.29) is 17.7 Å². The molecule has 7 nitrogen and oxygen atoms in total. The van der Waals surface area contributed by atoms with E-state index in [0.717, 1.165) is 21.3 Å². The van der Waals surface area contributed by atoms with Crippen molar-refractivity contribution in [3.63, 3.8) is 0 Å². The minimum absolute atomic E-state index is 0.0608. The van der Waals surface area contributed by atoms with Crippen LogP contribution in [0.15, 0.2) is 58.4 Å². The Kier molecular flexibility index (Phi) is 6.10. The highest BCUT2D eigenvalue weighted by atomic mass is 32.2. The number of aromatic nitrogens is 2. The maximum Gasteiger partial charge on any atom is 0.253 e. The van der Waals surface area contributed by atoms with Crippen molar-refractivity contribution < 1.29 is 14.3 Å². The Balaban J connectivity index is 1.61. The number of benzene rings is 1. The fourth-order valence-corrected chi connectivity index (χ4v) is 4.84. The molecule has 1 amide bonds. The van der Waals surface area contributed by atoms with Gasteiger partial charge in [0.05, 0.1) is 36.6 Å². The van der Waals surface area contributed by atoms with Crippen LogP contribution in [0.4, 0.5) is 0 Å². The first-order valence-corrected chi connectivity index (χ1v) is 11.2. The van der Waals surface area contributed by atoms with E-state index in [4.69, 9.17) is 14.6 Å². The molecule has 1 unspecified atom stereocenters. The zero-order chi connectivity index (χ0) is 21.1. The zero-order valence-corrected chi connectivity index (χ0v) is 18.6. The fraction of sp³-hybridized carbons (Fsp3) is 0.286. The number of ether oxygens (including phenoxy) is 2. The van der Waals surface area contributed by atoms with Crippen molar-refractivity contribution in [2.24, 2.45) is 12.1 Å². The Morgan fingerprint density at radius 2 is 2.10 bits per heavy atom. The molecule has 0 aliphatic carbocycles. The van der Waals surface area contributed by atoms with Crippen molar-refractivity contribution in [1.82, 2.24) is 14.6 Å². The van der Waals surface area contributed by atoms with Crippen LogP contribution in [0.5, 0.6) is 11.5 Å². The summed E-state index contributed by atoms with van der Waals surface area (Å²) in [7, 11) is 5.13. The molecular formula is C21H22N4O3S2. The summed E-state index contributed by atoms with van der Waals surface area (Å²) in [4.78, 5) is 18.5. The average molecular weight is 443 g/mol. The molecule has 0 N–H and O–H groups in total. The molecule has 1 aliphatic heterocycles. The maximum atomic E-state index is 13.1. The second kappa shape index (κ2) is 8.93. The van der Waals surface area contributed by atoms with Gasteiger partial charge >= 0.3 is 0 Å². The lowest BCUT2D eigenvalue weighted by Gasteiger charge is -2.22. The number of aryl methyl sites for hydroxylation is 1. The summed E-state index contributed by atoms with van der Waals surface area (Å²) in [6, 6.07) is 9.58. The molecule has 0 saturated heterocycles. The molecule has 0 bridgehead atoms. The molecule has 1 aromatic carbocycles. The van der Waals surface area contributed by atoms with E-state index in [0.29, 0.717) is 17.9 Å². The van der Waals surface area contributed by atoms with Crippen LogP contribution in [0.3, 0.4) is 0 Å². The fourth-order valence-electron chi connectivity index (χ4n) is 3.33. The average Bonchev–Trinajstić information content (AvgIpc) is 3.52. The van der Waals surface area contributed by atoms with E-state index in [1.54, 1.807) is 36.8 Å². The van der Waals surface area contributed by atoms with Crippen molar-refractivity contribution in [1.29, 1.82) is 0 Å². The second-order valence-corrected chi connectivity index (χ2v) is 8.60. The number of carbonyl (C=O) groups is 1. The van der Waals surface area contributed by atoms with E-state index in [1.807, 2.05) is 53.5 Å². The number of hydrazone groups is 1. The summed E-state index contributed by atoms with van der Waals surface area (Å²) < 4.78 is 12.7. The summed E-state index contributed by atoms with van der Waals surface area (Å²) in [5.41, 5.74) is 1.87. The summed E-state index contributed by atoms with van der Waals surface area (Å²) in [6.07, 6.45) is 4.24. The topological polar surface area (TPSA) is 69.0 Å². The number of imidazole rings is 1. The van der Waals surface area contributed by atoms with Gasteiger partial charge in [0, 0.05) is 25.9 Å². The number of thioether (sulfide) groups is 1. The predicted octanol–water partition coefficient (Wildman–Crippen LogP) is 3.97. The minimum atomic E-state index is -0.198. The van der Waals surface area contributed by atoms with Crippen molar-refractivity contribution in [3.8, 4) is 11.5 Å². The number of hydrogen-bond donors (Lipinski definition) is 0. The molecule has 0 saturated carbocycles. The number of methoxy groups -OCH3 is 2. The molecule has 156 valence electrons. The predicted molar refractivity (Wildman–Crippen MR) is 119 cm³/mol. The summed E-state index contributed by atoms with van der Waals surface area (Å²) in [6.45, 7) is 0. The molecule has 0 spiro atoms. The van der Waals surface area contributed by atoms with Gasteiger partial charge in [0.15, 0.2) is 16.7 Å². The first kappa shape index (κ1) is 20.5. The molecule has 0 fully saturated rings. The lowest BCUT2D eigenvalue weighted by molar-refractivity contribution is -0.130. The van der Waals surface area contributed by atoms with Gasteiger partial charge in [0.25, 0.3) is 5.91 Å². The van der Waals surface area contributed by atoms with Gasteiger partial charge in [0.1, 0.15) is 0 Å². The highest BCUT2D eigenvalue weighted by Crippen LogP contribution is 2.38. The van der Waals surface area contributed by atoms with Gasteiger partial charge in [-0.2, -0.15) is 5.10 Å². The summed E-state index contributed by atoms with van der Waals surface area (Å²) in [5.74, 6) is 1.49. The van der Waals surface area contributed by atoms with Crippen LogP contribution in [0.2, 0.25) is 0 Å². The molecule has 9 heteroatoms.